The molecule has 1 aromatic heterocycles. The number of halogens is 1. The number of carbonyl (C=O) groups is 1. The number of nitrogens with one attached hydrogen (secondary N) is 1. The van der Waals surface area contributed by atoms with Crippen molar-refractivity contribution >= 4 is 39.9 Å². The van der Waals surface area contributed by atoms with E-state index in [1.54, 1.807) is 12.1 Å². The molecule has 1 N–H and O–H groups in total. The number of benzene rings is 3. The number of anilines is 2. The molecule has 162 valence electrons. The highest BCUT2D eigenvalue weighted by molar-refractivity contribution is 6.31. The molecule has 1 amide bonds. The second-order valence-corrected chi connectivity index (χ2v) is 8.29. The van der Waals surface area contributed by atoms with Gasteiger partial charge in [0.15, 0.2) is 6.61 Å². The molecule has 0 saturated carbocycles. The lowest BCUT2D eigenvalue weighted by molar-refractivity contribution is -0.118. The van der Waals surface area contributed by atoms with E-state index in [-0.39, 0.29) is 12.5 Å². The van der Waals surface area contributed by atoms with E-state index in [4.69, 9.17) is 21.3 Å². The van der Waals surface area contributed by atoms with E-state index < -0.39 is 0 Å². The average Bonchev–Trinajstić information content (AvgIpc) is 3.18. The maximum absolute atomic E-state index is 12.3. The predicted octanol–water partition coefficient (Wildman–Crippen LogP) is 5.04. The van der Waals surface area contributed by atoms with Crippen molar-refractivity contribution in [2.45, 2.75) is 20.0 Å². The zero-order chi connectivity index (χ0) is 22.1. The molecule has 0 saturated heterocycles. The highest BCUT2D eigenvalue weighted by Gasteiger charge is 2.20. The minimum absolute atomic E-state index is 0.0643. The van der Waals surface area contributed by atoms with Gasteiger partial charge >= 0.3 is 0 Å². The van der Waals surface area contributed by atoms with Gasteiger partial charge in [-0.1, -0.05) is 23.7 Å². The molecular formula is C25H23ClN4O2. The molecule has 0 bridgehead atoms. The van der Waals surface area contributed by atoms with Crippen LogP contribution in [-0.2, 0) is 17.9 Å². The molecule has 0 aliphatic carbocycles. The van der Waals surface area contributed by atoms with Crippen LogP contribution in [-0.4, -0.2) is 28.6 Å². The highest BCUT2D eigenvalue weighted by Crippen LogP contribution is 2.26. The summed E-state index contributed by atoms with van der Waals surface area (Å²) < 4.78 is 7.86. The second kappa shape index (κ2) is 8.55. The van der Waals surface area contributed by atoms with Gasteiger partial charge in [0.1, 0.15) is 11.6 Å². The normalized spacial score (nSPS) is 13.1. The van der Waals surface area contributed by atoms with Crippen LogP contribution in [0.1, 0.15) is 11.4 Å². The molecule has 32 heavy (non-hydrogen) atoms. The Kier molecular flexibility index (Phi) is 5.45. The van der Waals surface area contributed by atoms with Crippen molar-refractivity contribution in [3.63, 3.8) is 0 Å². The molecule has 1 aliphatic heterocycles. The highest BCUT2D eigenvalue weighted by atomic mass is 35.5. The molecule has 0 radical (unpaired) electrons. The minimum Gasteiger partial charge on any atom is -0.484 e. The fraction of sp³-hybridized carbons (Fsp3) is 0.200. The van der Waals surface area contributed by atoms with E-state index in [9.17, 15) is 4.79 Å². The van der Waals surface area contributed by atoms with E-state index in [0.717, 1.165) is 47.9 Å². The standard InChI is InChI=1S/C25H23ClN4O2/c1-17-14-20(10-11-21(17)26)32-16-25(31)27-18-6-8-19(9-7-18)29-12-13-30-23-5-3-2-4-22(23)28-24(30)15-29/h2-11,14H,12-13,15-16H2,1H3,(H,27,31). The summed E-state index contributed by atoms with van der Waals surface area (Å²) >= 11 is 6.02. The first kappa shape index (κ1) is 20.4. The van der Waals surface area contributed by atoms with Gasteiger partial charge in [0.2, 0.25) is 0 Å². The Morgan fingerprint density at radius 2 is 1.91 bits per heavy atom. The molecule has 2 heterocycles. The van der Waals surface area contributed by atoms with Crippen molar-refractivity contribution < 1.29 is 9.53 Å². The predicted molar refractivity (Wildman–Crippen MR) is 128 cm³/mol. The third-order valence-corrected chi connectivity index (χ3v) is 6.10. The molecule has 5 rings (SSSR count). The molecule has 4 aromatic rings. The average molecular weight is 447 g/mol. The van der Waals surface area contributed by atoms with Gasteiger partial charge in [0.25, 0.3) is 5.91 Å². The van der Waals surface area contributed by atoms with E-state index >= 15 is 0 Å². The smallest absolute Gasteiger partial charge is 0.262 e. The van der Waals surface area contributed by atoms with Crippen molar-refractivity contribution in [3.8, 4) is 5.75 Å². The van der Waals surface area contributed by atoms with Crippen molar-refractivity contribution in [2.24, 2.45) is 0 Å². The van der Waals surface area contributed by atoms with Crippen LogP contribution >= 0.6 is 11.6 Å². The zero-order valence-electron chi connectivity index (χ0n) is 17.7. The molecule has 3 aromatic carbocycles. The van der Waals surface area contributed by atoms with Gasteiger partial charge in [0, 0.05) is 29.5 Å². The maximum atomic E-state index is 12.3. The third-order valence-electron chi connectivity index (χ3n) is 5.67. The number of nitrogens with zero attached hydrogens (tertiary/aromatic N) is 3. The maximum Gasteiger partial charge on any atom is 0.262 e. The summed E-state index contributed by atoms with van der Waals surface area (Å²) in [6, 6.07) is 21.5. The summed E-state index contributed by atoms with van der Waals surface area (Å²) in [6.07, 6.45) is 0. The van der Waals surface area contributed by atoms with Crippen LogP contribution in [0.4, 0.5) is 11.4 Å². The molecule has 6 nitrogen and oxygen atoms in total. The molecule has 1 aliphatic rings. The summed E-state index contributed by atoms with van der Waals surface area (Å²) in [7, 11) is 0. The molecule has 0 fully saturated rings. The summed E-state index contributed by atoms with van der Waals surface area (Å²) in [6.45, 7) is 4.40. The van der Waals surface area contributed by atoms with Crippen LogP contribution in [0.2, 0.25) is 5.02 Å². The first-order valence-electron chi connectivity index (χ1n) is 10.5. The fourth-order valence-corrected chi connectivity index (χ4v) is 4.11. The van der Waals surface area contributed by atoms with Crippen molar-refractivity contribution in [1.82, 2.24) is 9.55 Å². The van der Waals surface area contributed by atoms with E-state index in [2.05, 4.69) is 33.0 Å². The van der Waals surface area contributed by atoms with Gasteiger partial charge in [-0.2, -0.15) is 0 Å². The summed E-state index contributed by atoms with van der Waals surface area (Å²) in [5.74, 6) is 1.48. The van der Waals surface area contributed by atoms with Crippen LogP contribution < -0.4 is 15.0 Å². The lowest BCUT2D eigenvalue weighted by atomic mass is 10.2. The number of fused-ring (bicyclic) bond motifs is 3. The molecule has 0 spiro atoms. The van der Waals surface area contributed by atoms with Gasteiger partial charge in [-0.3, -0.25) is 4.79 Å². The Balaban J connectivity index is 1.19. The Morgan fingerprint density at radius 3 is 2.72 bits per heavy atom. The third kappa shape index (κ3) is 4.14. The number of imidazole rings is 1. The second-order valence-electron chi connectivity index (χ2n) is 7.88. The monoisotopic (exact) mass is 446 g/mol. The number of aryl methyl sites for hydroxylation is 1. The summed E-state index contributed by atoms with van der Waals surface area (Å²) in [5, 5.41) is 3.55. The first-order chi connectivity index (χ1) is 15.6. The van der Waals surface area contributed by atoms with Gasteiger partial charge in [0.05, 0.1) is 17.6 Å². The van der Waals surface area contributed by atoms with E-state index in [0.29, 0.717) is 10.8 Å². The molecule has 7 heteroatoms. The number of hydrogen-bond acceptors (Lipinski definition) is 4. The van der Waals surface area contributed by atoms with Crippen LogP contribution in [0.15, 0.2) is 66.7 Å². The SMILES string of the molecule is Cc1cc(OCC(=O)Nc2ccc(N3CCn4c(nc5ccccc54)C3)cc2)ccc1Cl. The number of rotatable bonds is 5. The van der Waals surface area contributed by atoms with Crippen LogP contribution in [0.25, 0.3) is 11.0 Å². The first-order valence-corrected chi connectivity index (χ1v) is 10.9. The number of hydrogen-bond donors (Lipinski definition) is 1. The van der Waals surface area contributed by atoms with Gasteiger partial charge < -0.3 is 19.5 Å². The zero-order valence-corrected chi connectivity index (χ0v) is 18.5. The molecule has 0 unspecified atom stereocenters. The number of para-hydroxylation sites is 2. The lowest BCUT2D eigenvalue weighted by Gasteiger charge is -2.30. The molecule has 0 atom stereocenters. The van der Waals surface area contributed by atoms with E-state index in [1.807, 2.05) is 43.3 Å². The van der Waals surface area contributed by atoms with Crippen LogP contribution in [0.3, 0.4) is 0 Å². The minimum atomic E-state index is -0.211. The van der Waals surface area contributed by atoms with Crippen molar-refractivity contribution in [2.75, 3.05) is 23.4 Å². The Hall–Kier alpha value is -3.51. The quantitative estimate of drug-likeness (QED) is 0.466. The van der Waals surface area contributed by atoms with Crippen molar-refractivity contribution in [3.05, 3.63) is 83.1 Å². The largest absolute Gasteiger partial charge is 0.484 e. The number of amides is 1. The molecular weight excluding hydrogens is 424 g/mol. The lowest BCUT2D eigenvalue weighted by Crippen LogP contribution is -2.33. The fourth-order valence-electron chi connectivity index (χ4n) is 3.99. The number of ether oxygens (including phenoxy) is 1. The Bertz CT molecular complexity index is 1280. The van der Waals surface area contributed by atoms with Crippen LogP contribution in [0.5, 0.6) is 5.75 Å². The Morgan fingerprint density at radius 1 is 1.09 bits per heavy atom. The van der Waals surface area contributed by atoms with Crippen LogP contribution in [0, 0.1) is 6.92 Å². The summed E-state index contributed by atoms with van der Waals surface area (Å²) in [5.41, 5.74) is 4.98. The van der Waals surface area contributed by atoms with Gasteiger partial charge in [-0.05, 0) is 67.1 Å². The number of aromatic nitrogens is 2. The van der Waals surface area contributed by atoms with Gasteiger partial charge in [-0.15, -0.1) is 0 Å². The summed E-state index contributed by atoms with van der Waals surface area (Å²) in [4.78, 5) is 19.4. The van der Waals surface area contributed by atoms with Gasteiger partial charge in [-0.25, -0.2) is 4.98 Å². The van der Waals surface area contributed by atoms with Crippen molar-refractivity contribution in [1.29, 1.82) is 0 Å². The Labute approximate surface area is 191 Å². The topological polar surface area (TPSA) is 59.4 Å². The number of carbonyl (C=O) groups excluding carboxylic acids is 1. The van der Waals surface area contributed by atoms with E-state index in [1.165, 1.54) is 5.52 Å².